The van der Waals surface area contributed by atoms with Crippen LogP contribution in [0.5, 0.6) is 0 Å². The first kappa shape index (κ1) is 16.2. The van der Waals surface area contributed by atoms with Crippen molar-refractivity contribution in [3.63, 3.8) is 0 Å². The molecule has 1 aliphatic rings. The number of nitro groups is 1. The Morgan fingerprint density at radius 1 is 1.33 bits per heavy atom. The molecule has 0 saturated carbocycles. The summed E-state index contributed by atoms with van der Waals surface area (Å²) in [6.07, 6.45) is 6.57. The largest absolute Gasteiger partial charge is 0.378 e. The molecule has 2 aromatic rings. The normalized spacial score (nSPS) is 17.2. The third-order valence-corrected chi connectivity index (χ3v) is 4.46. The fraction of sp³-hybridized carbons (Fsp3) is 0.412. The third-order valence-electron chi connectivity index (χ3n) is 4.46. The van der Waals surface area contributed by atoms with Crippen molar-refractivity contribution in [1.29, 1.82) is 0 Å². The van der Waals surface area contributed by atoms with Crippen LogP contribution < -0.4 is 10.6 Å². The van der Waals surface area contributed by atoms with Crippen LogP contribution in [0.1, 0.15) is 31.2 Å². The fourth-order valence-corrected chi connectivity index (χ4v) is 3.24. The van der Waals surface area contributed by atoms with Gasteiger partial charge in [-0.3, -0.25) is 10.1 Å². The maximum Gasteiger partial charge on any atom is 0.329 e. The maximum atomic E-state index is 10.8. The number of nitrogen functional groups attached to an aromatic ring is 1. The lowest BCUT2D eigenvalue weighted by Gasteiger charge is -2.24. The molecule has 7 nitrogen and oxygen atoms in total. The van der Waals surface area contributed by atoms with E-state index in [0.29, 0.717) is 12.0 Å². The predicted octanol–water partition coefficient (Wildman–Crippen LogP) is 2.96. The minimum absolute atomic E-state index is 0.0695. The van der Waals surface area contributed by atoms with Crippen LogP contribution in [0.3, 0.4) is 0 Å². The number of aryl methyl sites for hydroxylation is 1. The van der Waals surface area contributed by atoms with Gasteiger partial charge in [0.1, 0.15) is 6.20 Å². The SMILES string of the molecule is Nc1nc(N2CCCC2CCCc2ccccc2)ncc1[N+](=O)[O-]. The number of aromatic nitrogens is 2. The quantitative estimate of drug-likeness (QED) is 0.647. The molecule has 1 saturated heterocycles. The van der Waals surface area contributed by atoms with Crippen LogP contribution in [-0.4, -0.2) is 27.5 Å². The van der Waals surface area contributed by atoms with E-state index < -0.39 is 4.92 Å². The van der Waals surface area contributed by atoms with E-state index >= 15 is 0 Å². The molecule has 0 aliphatic carbocycles. The first-order chi connectivity index (χ1) is 11.6. The van der Waals surface area contributed by atoms with Crippen molar-refractivity contribution >= 4 is 17.5 Å². The van der Waals surface area contributed by atoms with E-state index in [1.165, 1.54) is 11.8 Å². The van der Waals surface area contributed by atoms with Crippen LogP contribution in [-0.2, 0) is 6.42 Å². The van der Waals surface area contributed by atoms with Gasteiger partial charge in [0.25, 0.3) is 0 Å². The molecule has 1 fully saturated rings. The van der Waals surface area contributed by atoms with Crippen LogP contribution in [0.4, 0.5) is 17.5 Å². The Kier molecular flexibility index (Phi) is 4.88. The highest BCUT2D eigenvalue weighted by molar-refractivity contribution is 5.54. The molecule has 2 heterocycles. The van der Waals surface area contributed by atoms with Gasteiger partial charge in [-0.2, -0.15) is 4.98 Å². The average Bonchev–Trinajstić information content (AvgIpc) is 3.04. The second-order valence-corrected chi connectivity index (χ2v) is 6.06. The van der Waals surface area contributed by atoms with Gasteiger partial charge < -0.3 is 10.6 Å². The van der Waals surface area contributed by atoms with Gasteiger partial charge in [-0.15, -0.1) is 0 Å². The van der Waals surface area contributed by atoms with Crippen molar-refractivity contribution in [2.45, 2.75) is 38.1 Å². The molecule has 3 rings (SSSR count). The number of anilines is 2. The number of rotatable bonds is 6. The topological polar surface area (TPSA) is 98.2 Å². The summed E-state index contributed by atoms with van der Waals surface area (Å²) in [6, 6.07) is 10.8. The Labute approximate surface area is 140 Å². The van der Waals surface area contributed by atoms with Crippen molar-refractivity contribution in [2.24, 2.45) is 0 Å². The van der Waals surface area contributed by atoms with Crippen LogP contribution in [0.15, 0.2) is 36.5 Å². The number of hydrogen-bond donors (Lipinski definition) is 1. The zero-order valence-electron chi connectivity index (χ0n) is 13.5. The highest BCUT2D eigenvalue weighted by Crippen LogP contribution is 2.28. The minimum atomic E-state index is -0.555. The summed E-state index contributed by atoms with van der Waals surface area (Å²) >= 11 is 0. The number of nitrogens with two attached hydrogens (primary N) is 1. The van der Waals surface area contributed by atoms with Crippen LogP contribution in [0.25, 0.3) is 0 Å². The van der Waals surface area contributed by atoms with Crippen molar-refractivity contribution < 1.29 is 4.92 Å². The molecule has 1 aliphatic heterocycles. The molecule has 1 unspecified atom stereocenters. The van der Waals surface area contributed by atoms with Gasteiger partial charge in [0.2, 0.25) is 11.8 Å². The van der Waals surface area contributed by atoms with Gasteiger partial charge in [0.15, 0.2) is 0 Å². The molecule has 0 amide bonds. The van der Waals surface area contributed by atoms with Crippen LogP contribution >= 0.6 is 0 Å². The summed E-state index contributed by atoms with van der Waals surface area (Å²) in [5.74, 6) is 0.431. The molecule has 0 radical (unpaired) electrons. The van der Waals surface area contributed by atoms with Gasteiger partial charge >= 0.3 is 5.69 Å². The van der Waals surface area contributed by atoms with Crippen LogP contribution in [0.2, 0.25) is 0 Å². The van der Waals surface area contributed by atoms with E-state index in [1.54, 1.807) is 0 Å². The van der Waals surface area contributed by atoms with Gasteiger partial charge in [0, 0.05) is 12.6 Å². The minimum Gasteiger partial charge on any atom is -0.378 e. The zero-order valence-corrected chi connectivity index (χ0v) is 13.5. The molecular formula is C17H21N5O2. The smallest absolute Gasteiger partial charge is 0.329 e. The summed E-state index contributed by atoms with van der Waals surface area (Å²) in [4.78, 5) is 20.7. The van der Waals surface area contributed by atoms with E-state index in [2.05, 4.69) is 39.1 Å². The van der Waals surface area contributed by atoms with E-state index in [0.717, 1.165) is 38.6 Å². The van der Waals surface area contributed by atoms with E-state index in [1.807, 2.05) is 6.07 Å². The predicted molar refractivity (Wildman–Crippen MR) is 92.8 cm³/mol. The molecule has 0 bridgehead atoms. The van der Waals surface area contributed by atoms with Crippen molar-refractivity contribution in [3.8, 4) is 0 Å². The molecule has 1 aromatic carbocycles. The third kappa shape index (κ3) is 3.61. The molecule has 24 heavy (non-hydrogen) atoms. The zero-order chi connectivity index (χ0) is 16.9. The highest BCUT2D eigenvalue weighted by Gasteiger charge is 2.27. The van der Waals surface area contributed by atoms with Crippen molar-refractivity contribution in [2.75, 3.05) is 17.2 Å². The first-order valence-corrected chi connectivity index (χ1v) is 8.22. The Bertz CT molecular complexity index is 707. The highest BCUT2D eigenvalue weighted by atomic mass is 16.6. The van der Waals surface area contributed by atoms with Gasteiger partial charge in [0.05, 0.1) is 4.92 Å². The Balaban J connectivity index is 1.63. The number of nitrogens with zero attached hydrogens (tertiary/aromatic N) is 4. The Morgan fingerprint density at radius 2 is 2.12 bits per heavy atom. The summed E-state index contributed by atoms with van der Waals surface area (Å²) in [5, 5.41) is 10.8. The van der Waals surface area contributed by atoms with E-state index in [-0.39, 0.29) is 11.5 Å². The second kappa shape index (κ2) is 7.25. The average molecular weight is 327 g/mol. The summed E-state index contributed by atoms with van der Waals surface area (Å²) in [7, 11) is 0. The number of benzene rings is 1. The van der Waals surface area contributed by atoms with Crippen LogP contribution in [0, 0.1) is 10.1 Å². The molecule has 7 heteroatoms. The Hall–Kier alpha value is -2.70. The summed E-state index contributed by atoms with van der Waals surface area (Å²) < 4.78 is 0. The monoisotopic (exact) mass is 327 g/mol. The molecule has 1 atom stereocenters. The molecule has 1 aromatic heterocycles. The lowest BCUT2D eigenvalue weighted by Crippen LogP contribution is -2.31. The lowest BCUT2D eigenvalue weighted by atomic mass is 10.0. The van der Waals surface area contributed by atoms with Crippen molar-refractivity contribution in [1.82, 2.24) is 9.97 Å². The summed E-state index contributed by atoms with van der Waals surface area (Å²) in [6.45, 7) is 0.868. The Morgan fingerprint density at radius 3 is 2.83 bits per heavy atom. The second-order valence-electron chi connectivity index (χ2n) is 6.06. The molecule has 126 valence electrons. The molecule has 2 N–H and O–H groups in total. The van der Waals surface area contributed by atoms with E-state index in [9.17, 15) is 10.1 Å². The van der Waals surface area contributed by atoms with Gasteiger partial charge in [-0.25, -0.2) is 4.98 Å². The summed E-state index contributed by atoms with van der Waals surface area (Å²) in [5.41, 5.74) is 6.80. The fourth-order valence-electron chi connectivity index (χ4n) is 3.24. The molecule has 0 spiro atoms. The van der Waals surface area contributed by atoms with Gasteiger partial charge in [-0.1, -0.05) is 30.3 Å². The first-order valence-electron chi connectivity index (χ1n) is 8.22. The molecular weight excluding hydrogens is 306 g/mol. The van der Waals surface area contributed by atoms with E-state index in [4.69, 9.17) is 5.73 Å². The number of hydrogen-bond acceptors (Lipinski definition) is 6. The standard InChI is InChI=1S/C17H21N5O2/c18-16-15(22(23)24)12-19-17(20-16)21-11-5-10-14(21)9-4-8-13-6-2-1-3-7-13/h1-3,6-7,12,14H,4-5,8-11H2,(H2,18,19,20). The van der Waals surface area contributed by atoms with Gasteiger partial charge in [-0.05, 0) is 37.7 Å². The maximum absolute atomic E-state index is 10.8. The lowest BCUT2D eigenvalue weighted by molar-refractivity contribution is -0.384. The van der Waals surface area contributed by atoms with Crippen molar-refractivity contribution in [3.05, 3.63) is 52.2 Å².